The predicted octanol–water partition coefficient (Wildman–Crippen LogP) is 6.80. The van der Waals surface area contributed by atoms with Gasteiger partial charge in [-0.05, 0) is 49.6 Å². The van der Waals surface area contributed by atoms with Gasteiger partial charge in [-0.25, -0.2) is 26.5 Å². The number of aromatic nitrogens is 2. The van der Waals surface area contributed by atoms with Crippen LogP contribution in [-0.2, 0) is 15.8 Å². The molecule has 0 unspecified atom stereocenters. The molecule has 2 aromatic carbocycles. The number of fused-ring (bicyclic) bond motifs is 1. The van der Waals surface area contributed by atoms with Crippen molar-refractivity contribution in [3.63, 3.8) is 0 Å². The van der Waals surface area contributed by atoms with Crippen LogP contribution in [0.5, 0.6) is 0 Å². The van der Waals surface area contributed by atoms with E-state index >= 15 is 0 Å². The molecule has 1 aliphatic rings. The van der Waals surface area contributed by atoms with Gasteiger partial charge in [0.2, 0.25) is 10.0 Å². The van der Waals surface area contributed by atoms with Gasteiger partial charge in [-0.15, -0.1) is 0 Å². The molecule has 10 heteroatoms. The molecule has 0 spiro atoms. The highest BCUT2D eigenvalue weighted by Gasteiger charge is 2.26. The minimum absolute atomic E-state index is 0.0949. The van der Waals surface area contributed by atoms with Crippen LogP contribution < -0.4 is 0 Å². The number of rotatable bonds is 9. The molecule has 0 bridgehead atoms. The van der Waals surface area contributed by atoms with Crippen LogP contribution in [0.1, 0.15) is 57.1 Å². The molecule has 5 nitrogen and oxygen atoms in total. The van der Waals surface area contributed by atoms with E-state index in [4.69, 9.17) is 16.6 Å². The van der Waals surface area contributed by atoms with Gasteiger partial charge in [-0.1, -0.05) is 49.5 Å². The first kappa shape index (κ1) is 25.4. The number of hydrogen-bond donors (Lipinski definition) is 0. The molecule has 0 atom stereocenters. The number of unbranched alkanes of at least 4 members (excludes halogenated alkanes) is 1. The predicted molar refractivity (Wildman–Crippen MR) is 133 cm³/mol. The Labute approximate surface area is 208 Å². The van der Waals surface area contributed by atoms with E-state index in [1.54, 1.807) is 25.2 Å². The van der Waals surface area contributed by atoms with E-state index in [0.717, 1.165) is 56.2 Å². The van der Waals surface area contributed by atoms with Crippen LogP contribution >= 0.6 is 23.4 Å². The standard InChI is InChI=1S/C24H28ClF2N3O2S2/c1-3-4-13-29(2)34(31,32)17-9-12-22-21(14-17)28-24(30(22)16-7-5-6-8-16)33-15-18-19(26)10-11-20(27)23(18)25/h9-12,14,16H,3-8,13,15H2,1-2H3. The summed E-state index contributed by atoms with van der Waals surface area (Å²) in [5.74, 6) is -1.11. The van der Waals surface area contributed by atoms with Crippen LogP contribution in [-0.4, -0.2) is 35.9 Å². The number of thioether (sulfide) groups is 1. The van der Waals surface area contributed by atoms with E-state index in [2.05, 4.69) is 4.57 Å². The fourth-order valence-corrected chi connectivity index (χ4v) is 6.99. The Morgan fingerprint density at radius 2 is 1.88 bits per heavy atom. The summed E-state index contributed by atoms with van der Waals surface area (Å²) in [5, 5.41) is 0.426. The normalized spacial score (nSPS) is 15.1. The van der Waals surface area contributed by atoms with Crippen LogP contribution in [0, 0.1) is 11.6 Å². The molecule has 1 heterocycles. The second kappa shape index (κ2) is 10.5. The summed E-state index contributed by atoms with van der Waals surface area (Å²) in [6.07, 6.45) is 5.89. The topological polar surface area (TPSA) is 55.2 Å². The van der Waals surface area contributed by atoms with E-state index < -0.39 is 21.7 Å². The fraction of sp³-hybridized carbons (Fsp3) is 0.458. The SMILES string of the molecule is CCCCN(C)S(=O)(=O)c1ccc2c(c1)nc(SCc1c(F)ccc(F)c1Cl)n2C1CCCC1. The van der Waals surface area contributed by atoms with E-state index in [1.165, 1.54) is 16.1 Å². The van der Waals surface area contributed by atoms with Crippen molar-refractivity contribution in [3.05, 3.63) is 52.6 Å². The highest BCUT2D eigenvalue weighted by atomic mass is 35.5. The highest BCUT2D eigenvalue weighted by Crippen LogP contribution is 2.39. The second-order valence-corrected chi connectivity index (χ2v) is 12.0. The van der Waals surface area contributed by atoms with E-state index in [-0.39, 0.29) is 27.3 Å². The van der Waals surface area contributed by atoms with Gasteiger partial charge >= 0.3 is 0 Å². The van der Waals surface area contributed by atoms with Crippen LogP contribution in [0.15, 0.2) is 40.4 Å². The Kier molecular flexibility index (Phi) is 7.86. The molecule has 0 saturated heterocycles. The fourth-order valence-electron chi connectivity index (χ4n) is 4.35. The van der Waals surface area contributed by atoms with Gasteiger partial charge in [0.15, 0.2) is 5.16 Å². The van der Waals surface area contributed by atoms with Crippen LogP contribution in [0.2, 0.25) is 5.02 Å². The Bertz CT molecular complexity index is 1290. The largest absolute Gasteiger partial charge is 0.316 e. The summed E-state index contributed by atoms with van der Waals surface area (Å²) < 4.78 is 57.8. The third-order valence-electron chi connectivity index (χ3n) is 6.34. The lowest BCUT2D eigenvalue weighted by Crippen LogP contribution is -2.27. The number of imidazole rings is 1. The van der Waals surface area contributed by atoms with Crippen molar-refractivity contribution in [1.29, 1.82) is 0 Å². The molecule has 4 rings (SSSR count). The van der Waals surface area contributed by atoms with Gasteiger partial charge in [-0.3, -0.25) is 0 Å². The maximum Gasteiger partial charge on any atom is 0.242 e. The Morgan fingerprint density at radius 3 is 2.59 bits per heavy atom. The monoisotopic (exact) mass is 527 g/mol. The van der Waals surface area contributed by atoms with E-state index in [0.29, 0.717) is 17.2 Å². The highest BCUT2D eigenvalue weighted by molar-refractivity contribution is 7.98. The summed E-state index contributed by atoms with van der Waals surface area (Å²) in [5.41, 5.74) is 1.51. The average Bonchev–Trinajstić information content (AvgIpc) is 3.46. The van der Waals surface area contributed by atoms with Crippen molar-refractivity contribution < 1.29 is 17.2 Å². The minimum atomic E-state index is -3.63. The Hall–Kier alpha value is -1.68. The summed E-state index contributed by atoms with van der Waals surface area (Å²) in [4.78, 5) is 4.93. The zero-order valence-electron chi connectivity index (χ0n) is 19.2. The maximum absolute atomic E-state index is 14.3. The van der Waals surface area contributed by atoms with Crippen molar-refractivity contribution in [2.75, 3.05) is 13.6 Å². The summed E-state index contributed by atoms with van der Waals surface area (Å²) in [7, 11) is -2.04. The molecule has 1 aliphatic carbocycles. The van der Waals surface area contributed by atoms with Gasteiger partial charge in [-0.2, -0.15) is 0 Å². The lowest BCUT2D eigenvalue weighted by Gasteiger charge is -2.18. The maximum atomic E-state index is 14.3. The van der Waals surface area contributed by atoms with Crippen LogP contribution in [0.4, 0.5) is 8.78 Å². The zero-order valence-corrected chi connectivity index (χ0v) is 21.6. The first-order valence-corrected chi connectivity index (χ1v) is 14.3. The van der Waals surface area contributed by atoms with Gasteiger partial charge < -0.3 is 4.57 Å². The van der Waals surface area contributed by atoms with E-state index in [1.807, 2.05) is 6.92 Å². The third kappa shape index (κ3) is 4.98. The Balaban J connectivity index is 1.71. The zero-order chi connectivity index (χ0) is 24.5. The van der Waals surface area contributed by atoms with Crippen LogP contribution in [0.25, 0.3) is 11.0 Å². The number of sulfonamides is 1. The number of halogens is 3. The smallest absolute Gasteiger partial charge is 0.242 e. The van der Waals surface area contributed by atoms with Gasteiger partial charge in [0.1, 0.15) is 11.6 Å². The molecule has 0 N–H and O–H groups in total. The molecule has 1 saturated carbocycles. The molecule has 0 amide bonds. The van der Waals surface area contributed by atoms with Gasteiger partial charge in [0.25, 0.3) is 0 Å². The lowest BCUT2D eigenvalue weighted by molar-refractivity contribution is 0.459. The van der Waals surface area contributed by atoms with Gasteiger partial charge in [0, 0.05) is 31.0 Å². The molecule has 3 aromatic rings. The molecular weight excluding hydrogens is 500 g/mol. The molecule has 0 aliphatic heterocycles. The number of nitrogens with zero attached hydrogens (tertiary/aromatic N) is 3. The average molecular weight is 528 g/mol. The quantitative estimate of drug-likeness (QED) is 0.227. The summed E-state index contributed by atoms with van der Waals surface area (Å²) >= 11 is 7.30. The molecule has 1 aromatic heterocycles. The van der Waals surface area contributed by atoms with Crippen LogP contribution in [0.3, 0.4) is 0 Å². The number of hydrogen-bond acceptors (Lipinski definition) is 4. The lowest BCUT2D eigenvalue weighted by atomic mass is 10.2. The molecule has 0 radical (unpaired) electrons. The molecule has 34 heavy (non-hydrogen) atoms. The first-order chi connectivity index (χ1) is 16.2. The van der Waals surface area contributed by atoms with Crippen molar-refractivity contribution in [1.82, 2.24) is 13.9 Å². The third-order valence-corrected chi connectivity index (χ3v) is 9.58. The minimum Gasteiger partial charge on any atom is -0.316 e. The second-order valence-electron chi connectivity index (χ2n) is 8.64. The molecule has 1 fully saturated rings. The summed E-state index contributed by atoms with van der Waals surface area (Å²) in [6, 6.07) is 7.36. The molecular formula is C24H28ClF2N3O2S2. The number of benzene rings is 2. The van der Waals surface area contributed by atoms with Crippen molar-refractivity contribution in [2.45, 2.75) is 67.3 Å². The van der Waals surface area contributed by atoms with Crippen molar-refractivity contribution in [3.8, 4) is 0 Å². The summed E-state index contributed by atoms with van der Waals surface area (Å²) in [6.45, 7) is 2.47. The van der Waals surface area contributed by atoms with Gasteiger partial charge in [0.05, 0.1) is 21.0 Å². The Morgan fingerprint density at radius 1 is 1.18 bits per heavy atom. The van der Waals surface area contributed by atoms with E-state index in [9.17, 15) is 17.2 Å². The van der Waals surface area contributed by atoms with Crippen molar-refractivity contribution >= 4 is 44.4 Å². The first-order valence-electron chi connectivity index (χ1n) is 11.5. The van der Waals surface area contributed by atoms with Crippen molar-refractivity contribution in [2.24, 2.45) is 0 Å². The molecule has 184 valence electrons.